The molecule has 6 heteroatoms. The van der Waals surface area contributed by atoms with E-state index in [1.807, 2.05) is 11.4 Å². The van der Waals surface area contributed by atoms with Crippen LogP contribution < -0.4 is 0 Å². The Hall–Kier alpha value is -0.590. The molecule has 2 rings (SSSR count). The molecule has 0 spiro atoms. The van der Waals surface area contributed by atoms with Gasteiger partial charge in [0.2, 0.25) is 5.78 Å². The van der Waals surface area contributed by atoms with Crippen molar-refractivity contribution in [3.8, 4) is 0 Å². The van der Waals surface area contributed by atoms with E-state index in [1.165, 1.54) is 17.5 Å². The summed E-state index contributed by atoms with van der Waals surface area (Å²) in [7, 11) is 0. The summed E-state index contributed by atoms with van der Waals surface area (Å²) in [5, 5.41) is 1.86. The first-order valence-electron chi connectivity index (χ1n) is 3.34. The van der Waals surface area contributed by atoms with Crippen LogP contribution in [0.4, 0.5) is 0 Å². The molecule has 66 valence electrons. The van der Waals surface area contributed by atoms with Gasteiger partial charge in [-0.2, -0.15) is 8.75 Å². The first-order valence-corrected chi connectivity index (χ1v) is 5.74. The van der Waals surface area contributed by atoms with Crippen LogP contribution in [0, 0.1) is 0 Å². The van der Waals surface area contributed by atoms with Crippen LogP contribution in [-0.4, -0.2) is 14.5 Å². The molecule has 3 nitrogen and oxygen atoms in total. The van der Waals surface area contributed by atoms with Crippen LogP contribution >= 0.6 is 39.0 Å². The number of rotatable bonds is 2. The standard InChI is InChI=1S/C7H3BrN2OS2/c8-4-1-2-12-7(4)6(11)5-3-9-13-10-5/h1-3H. The third kappa shape index (κ3) is 1.70. The third-order valence-corrected chi connectivity index (χ3v) is 3.73. The SMILES string of the molecule is O=C(c1cnsn1)c1sccc1Br. The van der Waals surface area contributed by atoms with Crippen LogP contribution in [-0.2, 0) is 0 Å². The molecule has 0 aliphatic heterocycles. The van der Waals surface area contributed by atoms with Gasteiger partial charge in [0.25, 0.3) is 0 Å². The van der Waals surface area contributed by atoms with Gasteiger partial charge in [-0.05, 0) is 27.4 Å². The van der Waals surface area contributed by atoms with Gasteiger partial charge >= 0.3 is 0 Å². The molecule has 0 fully saturated rings. The molecule has 0 saturated carbocycles. The average Bonchev–Trinajstić information content (AvgIpc) is 2.72. The van der Waals surface area contributed by atoms with Crippen molar-refractivity contribution in [3.05, 3.63) is 32.7 Å². The highest BCUT2D eigenvalue weighted by molar-refractivity contribution is 9.10. The molecule has 0 aromatic carbocycles. The van der Waals surface area contributed by atoms with E-state index in [4.69, 9.17) is 0 Å². The van der Waals surface area contributed by atoms with Gasteiger partial charge in [-0.1, -0.05) is 0 Å². The Bertz CT molecular complexity index is 423. The number of nitrogens with zero attached hydrogens (tertiary/aromatic N) is 2. The van der Waals surface area contributed by atoms with Crippen molar-refractivity contribution < 1.29 is 4.79 Å². The maximum absolute atomic E-state index is 11.7. The second-order valence-corrected chi connectivity index (χ2v) is 4.55. The van der Waals surface area contributed by atoms with E-state index >= 15 is 0 Å². The molecule has 2 aromatic heterocycles. The summed E-state index contributed by atoms with van der Waals surface area (Å²) in [5.41, 5.74) is 0.410. The van der Waals surface area contributed by atoms with E-state index in [0.717, 1.165) is 16.2 Å². The first kappa shape index (κ1) is 8.98. The summed E-state index contributed by atoms with van der Waals surface area (Å²) in [6.07, 6.45) is 1.49. The van der Waals surface area contributed by atoms with Crippen LogP contribution in [0.15, 0.2) is 22.1 Å². The summed E-state index contributed by atoms with van der Waals surface area (Å²) < 4.78 is 8.48. The highest BCUT2D eigenvalue weighted by atomic mass is 79.9. The Morgan fingerprint density at radius 1 is 1.54 bits per heavy atom. The van der Waals surface area contributed by atoms with E-state index < -0.39 is 0 Å². The zero-order chi connectivity index (χ0) is 9.26. The second kappa shape index (κ2) is 3.65. The van der Waals surface area contributed by atoms with Crippen LogP contribution in [0.5, 0.6) is 0 Å². The van der Waals surface area contributed by atoms with Gasteiger partial charge in [0.05, 0.1) is 22.8 Å². The van der Waals surface area contributed by atoms with E-state index in [1.54, 1.807) is 0 Å². The Morgan fingerprint density at radius 3 is 2.92 bits per heavy atom. The summed E-state index contributed by atoms with van der Waals surface area (Å²) in [5.74, 6) is -0.0735. The monoisotopic (exact) mass is 274 g/mol. The topological polar surface area (TPSA) is 42.9 Å². The molecule has 0 radical (unpaired) electrons. The number of aromatic nitrogens is 2. The quantitative estimate of drug-likeness (QED) is 0.791. The molecule has 2 aromatic rings. The second-order valence-electron chi connectivity index (χ2n) is 2.22. The fourth-order valence-corrected chi connectivity index (χ4v) is 2.75. The smallest absolute Gasteiger partial charge is 0.225 e. The molecule has 0 atom stereocenters. The van der Waals surface area contributed by atoms with Gasteiger partial charge in [-0.3, -0.25) is 4.79 Å². The lowest BCUT2D eigenvalue weighted by Gasteiger charge is -1.91. The van der Waals surface area contributed by atoms with E-state index in [2.05, 4.69) is 24.7 Å². The maximum Gasteiger partial charge on any atom is 0.225 e. The minimum Gasteiger partial charge on any atom is -0.286 e. The number of ketones is 1. The summed E-state index contributed by atoms with van der Waals surface area (Å²) in [6.45, 7) is 0. The van der Waals surface area contributed by atoms with Crippen LogP contribution in [0.2, 0.25) is 0 Å². The molecule has 0 aliphatic rings. The lowest BCUT2D eigenvalue weighted by Crippen LogP contribution is -1.98. The zero-order valence-electron chi connectivity index (χ0n) is 6.23. The van der Waals surface area contributed by atoms with Crippen molar-refractivity contribution in [2.45, 2.75) is 0 Å². The molecule has 0 unspecified atom stereocenters. The van der Waals surface area contributed by atoms with Crippen molar-refractivity contribution in [1.29, 1.82) is 0 Å². The number of hydrogen-bond donors (Lipinski definition) is 0. The molecule has 0 amide bonds. The average molecular weight is 275 g/mol. The number of carbonyl (C=O) groups excluding carboxylic acids is 1. The Kier molecular flexibility index (Phi) is 2.52. The number of hydrogen-bond acceptors (Lipinski definition) is 5. The largest absolute Gasteiger partial charge is 0.286 e. The van der Waals surface area contributed by atoms with E-state index in [0.29, 0.717) is 10.6 Å². The predicted octanol–water partition coefficient (Wildman–Crippen LogP) is 2.59. The van der Waals surface area contributed by atoms with Gasteiger partial charge in [0.15, 0.2) is 0 Å². The van der Waals surface area contributed by atoms with Gasteiger partial charge < -0.3 is 0 Å². The molecule has 0 aliphatic carbocycles. The summed E-state index contributed by atoms with van der Waals surface area (Å²) in [4.78, 5) is 12.3. The van der Waals surface area contributed by atoms with Crippen molar-refractivity contribution in [1.82, 2.24) is 8.75 Å². The number of carbonyl (C=O) groups is 1. The fourth-order valence-electron chi connectivity index (χ4n) is 0.837. The van der Waals surface area contributed by atoms with Crippen molar-refractivity contribution in [2.24, 2.45) is 0 Å². The van der Waals surface area contributed by atoms with Gasteiger partial charge in [-0.15, -0.1) is 11.3 Å². The molecule has 13 heavy (non-hydrogen) atoms. The third-order valence-electron chi connectivity index (χ3n) is 1.42. The minimum atomic E-state index is -0.0735. The molecule has 0 bridgehead atoms. The molecule has 0 N–H and O–H groups in total. The fraction of sp³-hybridized carbons (Fsp3) is 0. The zero-order valence-corrected chi connectivity index (χ0v) is 9.45. The van der Waals surface area contributed by atoms with E-state index in [9.17, 15) is 4.79 Å². The highest BCUT2D eigenvalue weighted by Crippen LogP contribution is 2.24. The Morgan fingerprint density at radius 2 is 2.38 bits per heavy atom. The lowest BCUT2D eigenvalue weighted by molar-refractivity contribution is 0.103. The Labute approximate surface area is 90.9 Å². The number of thiophene rings is 1. The molecule has 0 saturated heterocycles. The van der Waals surface area contributed by atoms with Gasteiger partial charge in [0, 0.05) is 4.47 Å². The van der Waals surface area contributed by atoms with E-state index in [-0.39, 0.29) is 5.78 Å². The summed E-state index contributed by atoms with van der Waals surface area (Å²) in [6, 6.07) is 1.84. The van der Waals surface area contributed by atoms with Crippen molar-refractivity contribution in [3.63, 3.8) is 0 Å². The summed E-state index contributed by atoms with van der Waals surface area (Å²) >= 11 is 5.73. The molecule has 2 heterocycles. The van der Waals surface area contributed by atoms with Crippen molar-refractivity contribution in [2.75, 3.05) is 0 Å². The van der Waals surface area contributed by atoms with Gasteiger partial charge in [-0.25, -0.2) is 0 Å². The van der Waals surface area contributed by atoms with Crippen LogP contribution in [0.3, 0.4) is 0 Å². The highest BCUT2D eigenvalue weighted by Gasteiger charge is 2.15. The maximum atomic E-state index is 11.7. The Balaban J connectivity index is 2.39. The molecular formula is C7H3BrN2OS2. The van der Waals surface area contributed by atoms with Crippen LogP contribution in [0.25, 0.3) is 0 Å². The number of halogens is 1. The minimum absolute atomic E-state index is 0.0735. The predicted molar refractivity (Wildman–Crippen MR) is 55.4 cm³/mol. The first-order chi connectivity index (χ1) is 6.29. The molecular weight excluding hydrogens is 272 g/mol. The van der Waals surface area contributed by atoms with Gasteiger partial charge in [0.1, 0.15) is 5.69 Å². The van der Waals surface area contributed by atoms with Crippen LogP contribution in [0.1, 0.15) is 15.4 Å². The van der Waals surface area contributed by atoms with Crippen molar-refractivity contribution >= 4 is 44.8 Å². The normalized spacial score (nSPS) is 10.2. The lowest BCUT2D eigenvalue weighted by atomic mass is 10.2.